The molecule has 3 aromatic heterocycles. The Morgan fingerprint density at radius 1 is 0.340 bits per heavy atom. The van der Waals surface area contributed by atoms with Gasteiger partial charge in [0, 0.05) is 38.4 Å². The first-order valence-corrected chi connectivity index (χ1v) is 16.8. The van der Waals surface area contributed by atoms with Crippen molar-refractivity contribution in [2.24, 2.45) is 0 Å². The van der Waals surface area contributed by atoms with E-state index in [-0.39, 0.29) is 0 Å². The van der Waals surface area contributed by atoms with E-state index in [2.05, 4.69) is 155 Å². The van der Waals surface area contributed by atoms with Crippen molar-refractivity contribution < 1.29 is 0 Å². The molecule has 0 N–H and O–H groups in total. The third kappa shape index (κ3) is 4.45. The summed E-state index contributed by atoms with van der Waals surface area (Å²) < 4.78 is 4.51. The zero-order chi connectivity index (χ0) is 33.0. The summed E-state index contributed by atoms with van der Waals surface area (Å²) in [4.78, 5) is 15.4. The van der Waals surface area contributed by atoms with E-state index in [0.717, 1.165) is 49.7 Å². The molecule has 50 heavy (non-hydrogen) atoms. The van der Waals surface area contributed by atoms with Crippen LogP contribution in [0, 0.1) is 0 Å². The van der Waals surface area contributed by atoms with Crippen molar-refractivity contribution in [2.45, 2.75) is 0 Å². The number of hydrogen-bond donors (Lipinski definition) is 0. The Hall–Kier alpha value is -6.85. The highest BCUT2D eigenvalue weighted by atomic mass is 15.2. The van der Waals surface area contributed by atoms with Gasteiger partial charge in [-0.2, -0.15) is 9.97 Å². The molecule has 3 heterocycles. The zero-order valence-corrected chi connectivity index (χ0v) is 27.0. The maximum Gasteiger partial charge on any atom is 0.238 e. The normalized spacial score (nSPS) is 11.6. The smallest absolute Gasteiger partial charge is 0.238 e. The quantitative estimate of drug-likeness (QED) is 0.188. The summed E-state index contributed by atoms with van der Waals surface area (Å²) in [7, 11) is 0. The zero-order valence-electron chi connectivity index (χ0n) is 27.0. The molecule has 5 heteroatoms. The number of benzene rings is 7. The molecular formula is C45H29N5. The molecule has 0 bridgehead atoms. The molecule has 0 saturated carbocycles. The van der Waals surface area contributed by atoms with Gasteiger partial charge in [0.1, 0.15) is 0 Å². The van der Waals surface area contributed by atoms with Crippen LogP contribution in [0.3, 0.4) is 0 Å². The number of nitrogens with zero attached hydrogens (tertiary/aromatic N) is 5. The number of aromatic nitrogens is 5. The van der Waals surface area contributed by atoms with Crippen LogP contribution < -0.4 is 0 Å². The molecule has 10 aromatic rings. The van der Waals surface area contributed by atoms with E-state index in [4.69, 9.17) is 15.0 Å². The standard InChI is InChI=1S/C45H29N5/c1-3-15-30(16-4-1)34-24-14-28-41-42(34)37-23-9-12-27-40(37)49(41)33-20-13-19-32(29-33)44-46-43(31-17-5-2-6-18-31)47-45(48-44)50-38-25-10-7-21-35(38)36-22-8-11-26-39(36)50/h1-29H. The minimum absolute atomic E-state index is 0.584. The van der Waals surface area contributed by atoms with Gasteiger partial charge in [-0.15, -0.1) is 0 Å². The van der Waals surface area contributed by atoms with Crippen LogP contribution in [0.4, 0.5) is 0 Å². The average Bonchev–Trinajstić information content (AvgIpc) is 3.72. The van der Waals surface area contributed by atoms with Crippen molar-refractivity contribution in [3.63, 3.8) is 0 Å². The second-order valence-electron chi connectivity index (χ2n) is 12.5. The van der Waals surface area contributed by atoms with Crippen LogP contribution >= 0.6 is 0 Å². The van der Waals surface area contributed by atoms with Crippen LogP contribution in [0.25, 0.3) is 89.2 Å². The molecule has 0 atom stereocenters. The van der Waals surface area contributed by atoms with Crippen LogP contribution in [0.2, 0.25) is 0 Å². The van der Waals surface area contributed by atoms with Crippen LogP contribution in [-0.2, 0) is 0 Å². The summed E-state index contributed by atoms with van der Waals surface area (Å²) in [5, 5.41) is 4.77. The topological polar surface area (TPSA) is 48.5 Å². The molecule has 0 spiro atoms. The van der Waals surface area contributed by atoms with Gasteiger partial charge >= 0.3 is 0 Å². The highest BCUT2D eigenvalue weighted by molar-refractivity contribution is 6.15. The Balaban J connectivity index is 1.21. The van der Waals surface area contributed by atoms with Crippen molar-refractivity contribution in [3.05, 3.63) is 176 Å². The summed E-state index contributed by atoms with van der Waals surface area (Å²) in [5.41, 5.74) is 9.71. The third-order valence-corrected chi connectivity index (χ3v) is 9.58. The number of hydrogen-bond acceptors (Lipinski definition) is 3. The lowest BCUT2D eigenvalue weighted by molar-refractivity contribution is 0.953. The second kappa shape index (κ2) is 11.4. The highest BCUT2D eigenvalue weighted by Gasteiger charge is 2.19. The molecule has 5 nitrogen and oxygen atoms in total. The van der Waals surface area contributed by atoms with Crippen molar-refractivity contribution in [2.75, 3.05) is 0 Å². The van der Waals surface area contributed by atoms with Crippen molar-refractivity contribution in [1.29, 1.82) is 0 Å². The first-order chi connectivity index (χ1) is 24.8. The monoisotopic (exact) mass is 639 g/mol. The first kappa shape index (κ1) is 28.2. The van der Waals surface area contributed by atoms with E-state index in [0.29, 0.717) is 17.6 Å². The highest BCUT2D eigenvalue weighted by Crippen LogP contribution is 2.39. The molecule has 0 fully saturated rings. The minimum Gasteiger partial charge on any atom is -0.309 e. The van der Waals surface area contributed by atoms with Gasteiger partial charge in [0.25, 0.3) is 0 Å². The lowest BCUT2D eigenvalue weighted by Crippen LogP contribution is -2.06. The van der Waals surface area contributed by atoms with Gasteiger partial charge in [-0.25, -0.2) is 4.98 Å². The average molecular weight is 640 g/mol. The van der Waals surface area contributed by atoms with Crippen LogP contribution in [0.15, 0.2) is 176 Å². The van der Waals surface area contributed by atoms with Gasteiger partial charge in [0.2, 0.25) is 5.95 Å². The van der Waals surface area contributed by atoms with Gasteiger partial charge < -0.3 is 4.57 Å². The fraction of sp³-hybridized carbons (Fsp3) is 0. The van der Waals surface area contributed by atoms with Crippen molar-refractivity contribution in [1.82, 2.24) is 24.1 Å². The van der Waals surface area contributed by atoms with Gasteiger partial charge in [-0.05, 0) is 47.5 Å². The summed E-state index contributed by atoms with van der Waals surface area (Å²) in [6, 6.07) is 61.4. The summed E-state index contributed by atoms with van der Waals surface area (Å²) in [6.07, 6.45) is 0. The van der Waals surface area contributed by atoms with Gasteiger partial charge in [0.15, 0.2) is 11.6 Å². The Kier molecular flexibility index (Phi) is 6.42. The predicted molar refractivity (Wildman–Crippen MR) is 205 cm³/mol. The number of fused-ring (bicyclic) bond motifs is 6. The summed E-state index contributed by atoms with van der Waals surface area (Å²) >= 11 is 0. The van der Waals surface area contributed by atoms with Gasteiger partial charge in [-0.3, -0.25) is 4.57 Å². The third-order valence-electron chi connectivity index (χ3n) is 9.58. The molecular weight excluding hydrogens is 611 g/mol. The summed E-state index contributed by atoms with van der Waals surface area (Å²) in [5.74, 6) is 1.83. The lowest BCUT2D eigenvalue weighted by Gasteiger charge is -2.13. The second-order valence-corrected chi connectivity index (χ2v) is 12.5. The van der Waals surface area contributed by atoms with E-state index in [1.807, 2.05) is 30.3 Å². The Morgan fingerprint density at radius 3 is 1.52 bits per heavy atom. The first-order valence-electron chi connectivity index (χ1n) is 16.8. The molecule has 0 radical (unpaired) electrons. The molecule has 234 valence electrons. The van der Waals surface area contributed by atoms with Crippen LogP contribution in [-0.4, -0.2) is 24.1 Å². The van der Waals surface area contributed by atoms with Crippen LogP contribution in [0.1, 0.15) is 0 Å². The van der Waals surface area contributed by atoms with E-state index in [1.54, 1.807) is 0 Å². The van der Waals surface area contributed by atoms with Crippen molar-refractivity contribution in [3.8, 4) is 45.5 Å². The Morgan fingerprint density at radius 2 is 0.840 bits per heavy atom. The molecule has 0 aliphatic rings. The molecule has 7 aromatic carbocycles. The maximum atomic E-state index is 5.20. The van der Waals surface area contributed by atoms with Gasteiger partial charge in [0.05, 0.1) is 22.1 Å². The molecule has 0 aliphatic carbocycles. The fourth-order valence-corrected chi connectivity index (χ4v) is 7.39. The largest absolute Gasteiger partial charge is 0.309 e. The SMILES string of the molecule is c1ccc(-c2nc(-c3cccc(-n4c5ccccc5c5c(-c6ccccc6)cccc54)c3)nc(-n3c4ccccc4c4ccccc43)n2)cc1. The lowest BCUT2D eigenvalue weighted by atomic mass is 9.99. The molecule has 0 aliphatic heterocycles. The van der Waals surface area contributed by atoms with Crippen LogP contribution in [0.5, 0.6) is 0 Å². The maximum absolute atomic E-state index is 5.20. The summed E-state index contributed by atoms with van der Waals surface area (Å²) in [6.45, 7) is 0. The molecule has 0 saturated heterocycles. The van der Waals surface area contributed by atoms with E-state index in [1.165, 1.54) is 21.9 Å². The Labute approximate surface area is 288 Å². The number of rotatable bonds is 5. The Bertz CT molecular complexity index is 2810. The number of para-hydroxylation sites is 3. The minimum atomic E-state index is 0.584. The predicted octanol–water partition coefficient (Wildman–Crippen LogP) is 11.1. The molecule has 10 rings (SSSR count). The fourth-order valence-electron chi connectivity index (χ4n) is 7.39. The van der Waals surface area contributed by atoms with E-state index >= 15 is 0 Å². The van der Waals surface area contributed by atoms with E-state index in [9.17, 15) is 0 Å². The molecule has 0 unspecified atom stereocenters. The van der Waals surface area contributed by atoms with Gasteiger partial charge in [-0.1, -0.05) is 140 Å². The van der Waals surface area contributed by atoms with E-state index < -0.39 is 0 Å². The molecule has 0 amide bonds. The van der Waals surface area contributed by atoms with Crippen molar-refractivity contribution >= 4 is 43.6 Å².